The Morgan fingerprint density at radius 3 is 2.41 bits per heavy atom. The third-order valence-corrected chi connectivity index (χ3v) is 6.82. The highest BCUT2D eigenvalue weighted by Crippen LogP contribution is 2.39. The van der Waals surface area contributed by atoms with E-state index in [1.807, 2.05) is 9.80 Å². The number of quaternary nitrogens is 1. The standard InChI is InChI=1S/C21H31N3O2S/c1-21(2,3)17-7-5-16(6-8-17)20-24(19(26)15-27-20)10-9-18(25)23-13-11-22(4)12-14-23/h5-8,20H,9-15H2,1-4H3/p+1/t20-/m0/s1. The summed E-state index contributed by atoms with van der Waals surface area (Å²) in [5.41, 5.74) is 2.56. The van der Waals surface area contributed by atoms with Crippen LogP contribution in [0, 0.1) is 0 Å². The third-order valence-electron chi connectivity index (χ3n) is 5.57. The van der Waals surface area contributed by atoms with Crippen LogP contribution >= 0.6 is 11.8 Å². The Bertz CT molecular complexity index is 676. The zero-order valence-corrected chi connectivity index (χ0v) is 17.8. The van der Waals surface area contributed by atoms with Gasteiger partial charge in [0.15, 0.2) is 0 Å². The molecule has 2 heterocycles. The van der Waals surface area contributed by atoms with Gasteiger partial charge in [0.25, 0.3) is 0 Å². The summed E-state index contributed by atoms with van der Waals surface area (Å²) in [6, 6.07) is 8.59. The minimum atomic E-state index is 0.0243. The van der Waals surface area contributed by atoms with Crippen molar-refractivity contribution in [2.24, 2.45) is 0 Å². The fraction of sp³-hybridized carbons (Fsp3) is 0.619. The Hall–Kier alpha value is -1.53. The second-order valence-corrected chi connectivity index (χ2v) is 9.78. The van der Waals surface area contributed by atoms with Crippen molar-refractivity contribution < 1.29 is 14.5 Å². The molecule has 0 saturated carbocycles. The van der Waals surface area contributed by atoms with E-state index in [9.17, 15) is 9.59 Å². The van der Waals surface area contributed by atoms with Crippen molar-refractivity contribution in [1.29, 1.82) is 0 Å². The fourth-order valence-corrected chi connectivity index (χ4v) is 4.85. The number of nitrogens with one attached hydrogen (secondary N) is 1. The van der Waals surface area contributed by atoms with E-state index >= 15 is 0 Å². The molecule has 1 aromatic rings. The lowest BCUT2D eigenvalue weighted by molar-refractivity contribution is -0.883. The third kappa shape index (κ3) is 4.85. The highest BCUT2D eigenvalue weighted by Gasteiger charge is 2.33. The van der Waals surface area contributed by atoms with Crippen LogP contribution in [0.1, 0.15) is 43.7 Å². The lowest BCUT2D eigenvalue weighted by Gasteiger charge is -2.31. The number of likely N-dealkylation sites (N-methyl/N-ethyl adjacent to an activating group) is 1. The van der Waals surface area contributed by atoms with Gasteiger partial charge >= 0.3 is 0 Å². The molecule has 2 amide bonds. The van der Waals surface area contributed by atoms with Crippen molar-refractivity contribution in [3.8, 4) is 0 Å². The van der Waals surface area contributed by atoms with Crippen LogP contribution in [0.15, 0.2) is 24.3 Å². The average molecular weight is 391 g/mol. The molecule has 6 heteroatoms. The quantitative estimate of drug-likeness (QED) is 0.843. The molecule has 1 atom stereocenters. The summed E-state index contributed by atoms with van der Waals surface area (Å²) in [4.78, 5) is 30.2. The zero-order chi connectivity index (χ0) is 19.6. The lowest BCUT2D eigenvalue weighted by Crippen LogP contribution is -3.12. The Kier molecular flexibility index (Phi) is 6.16. The number of carbonyl (C=O) groups is 2. The van der Waals surface area contributed by atoms with Gasteiger partial charge in [-0.1, -0.05) is 45.0 Å². The summed E-state index contributed by atoms with van der Waals surface area (Å²) in [7, 11) is 2.16. The molecule has 1 N–H and O–H groups in total. The smallest absolute Gasteiger partial charge is 0.233 e. The van der Waals surface area contributed by atoms with Gasteiger partial charge in [0, 0.05) is 13.0 Å². The topological polar surface area (TPSA) is 45.1 Å². The maximum absolute atomic E-state index is 12.5. The van der Waals surface area contributed by atoms with E-state index in [-0.39, 0.29) is 22.6 Å². The monoisotopic (exact) mass is 390 g/mol. The van der Waals surface area contributed by atoms with Gasteiger partial charge in [-0.3, -0.25) is 9.59 Å². The van der Waals surface area contributed by atoms with E-state index in [1.54, 1.807) is 11.8 Å². The molecule has 2 fully saturated rings. The predicted octanol–water partition coefficient (Wildman–Crippen LogP) is 1.31. The number of hydrogen-bond acceptors (Lipinski definition) is 3. The van der Waals surface area contributed by atoms with Crippen molar-refractivity contribution >= 4 is 23.6 Å². The molecule has 0 bridgehead atoms. The number of carbonyl (C=O) groups excluding carboxylic acids is 2. The van der Waals surface area contributed by atoms with Gasteiger partial charge in [0.05, 0.1) is 39.0 Å². The first kappa shape index (κ1) is 20.2. The van der Waals surface area contributed by atoms with Gasteiger partial charge in [-0.05, 0) is 16.5 Å². The van der Waals surface area contributed by atoms with E-state index in [0.29, 0.717) is 18.7 Å². The molecule has 2 aliphatic rings. The normalized spacial score (nSPS) is 21.8. The largest absolute Gasteiger partial charge is 0.334 e. The molecule has 2 saturated heterocycles. The summed E-state index contributed by atoms with van der Waals surface area (Å²) >= 11 is 1.66. The Morgan fingerprint density at radius 2 is 1.81 bits per heavy atom. The van der Waals surface area contributed by atoms with Crippen LogP contribution in [0.25, 0.3) is 0 Å². The molecule has 0 unspecified atom stereocenters. The lowest BCUT2D eigenvalue weighted by atomic mass is 9.86. The molecule has 5 nitrogen and oxygen atoms in total. The van der Waals surface area contributed by atoms with Crippen LogP contribution < -0.4 is 4.90 Å². The minimum absolute atomic E-state index is 0.0243. The number of thioether (sulfide) groups is 1. The number of amides is 2. The van der Waals surface area contributed by atoms with Gasteiger partial charge in [-0.15, -0.1) is 11.8 Å². The van der Waals surface area contributed by atoms with E-state index < -0.39 is 0 Å². The Morgan fingerprint density at radius 1 is 1.19 bits per heavy atom. The SMILES string of the molecule is C[NH+]1CCN(C(=O)CCN2C(=O)CS[C@H]2c2ccc(C(C)(C)C)cc2)CC1. The van der Waals surface area contributed by atoms with Crippen molar-refractivity contribution in [2.75, 3.05) is 45.5 Å². The first-order valence-electron chi connectivity index (χ1n) is 9.86. The molecule has 27 heavy (non-hydrogen) atoms. The van der Waals surface area contributed by atoms with Gasteiger partial charge in [-0.2, -0.15) is 0 Å². The van der Waals surface area contributed by atoms with Gasteiger partial charge in [0.1, 0.15) is 5.37 Å². The second kappa shape index (κ2) is 8.23. The number of hydrogen-bond donors (Lipinski definition) is 1. The maximum Gasteiger partial charge on any atom is 0.233 e. The highest BCUT2D eigenvalue weighted by molar-refractivity contribution is 8.00. The number of nitrogens with zero attached hydrogens (tertiary/aromatic N) is 2. The van der Waals surface area contributed by atoms with Crippen LogP contribution in [0.3, 0.4) is 0 Å². The molecule has 1 aromatic carbocycles. The first-order chi connectivity index (χ1) is 12.8. The van der Waals surface area contributed by atoms with E-state index in [2.05, 4.69) is 52.1 Å². The molecule has 3 rings (SSSR count). The van der Waals surface area contributed by atoms with E-state index in [1.165, 1.54) is 10.5 Å². The molecule has 2 aliphatic heterocycles. The predicted molar refractivity (Wildman–Crippen MR) is 110 cm³/mol. The molecule has 0 aliphatic carbocycles. The summed E-state index contributed by atoms with van der Waals surface area (Å²) < 4.78 is 0. The van der Waals surface area contributed by atoms with Crippen LogP contribution in [-0.4, -0.2) is 67.1 Å². The van der Waals surface area contributed by atoms with Crippen molar-refractivity contribution in [3.63, 3.8) is 0 Å². The molecular weight excluding hydrogens is 358 g/mol. The van der Waals surface area contributed by atoms with Crippen molar-refractivity contribution in [2.45, 2.75) is 38.0 Å². The molecular formula is C21H32N3O2S+. The minimum Gasteiger partial charge on any atom is -0.334 e. The molecule has 0 aromatic heterocycles. The summed E-state index contributed by atoms with van der Waals surface area (Å²) in [6.45, 7) is 10.8. The number of piperazine rings is 1. The highest BCUT2D eigenvalue weighted by atomic mass is 32.2. The van der Waals surface area contributed by atoms with E-state index in [4.69, 9.17) is 0 Å². The van der Waals surface area contributed by atoms with Crippen molar-refractivity contribution in [3.05, 3.63) is 35.4 Å². The molecule has 148 valence electrons. The zero-order valence-electron chi connectivity index (χ0n) is 17.0. The second-order valence-electron chi connectivity index (χ2n) is 8.71. The van der Waals surface area contributed by atoms with Crippen LogP contribution in [0.4, 0.5) is 0 Å². The molecule has 0 spiro atoms. The van der Waals surface area contributed by atoms with Gasteiger partial charge in [0.2, 0.25) is 11.8 Å². The fourth-order valence-electron chi connectivity index (χ4n) is 3.63. The van der Waals surface area contributed by atoms with Crippen LogP contribution in [0.2, 0.25) is 0 Å². The van der Waals surface area contributed by atoms with Crippen LogP contribution in [0.5, 0.6) is 0 Å². The molecule has 0 radical (unpaired) electrons. The van der Waals surface area contributed by atoms with Gasteiger partial charge in [-0.25, -0.2) is 0 Å². The summed E-state index contributed by atoms with van der Waals surface area (Å²) in [5, 5.41) is 0.0243. The summed E-state index contributed by atoms with van der Waals surface area (Å²) in [5.74, 6) is 0.812. The van der Waals surface area contributed by atoms with E-state index in [0.717, 1.165) is 31.7 Å². The average Bonchev–Trinajstić information content (AvgIpc) is 3.00. The number of rotatable bonds is 4. The first-order valence-corrected chi connectivity index (χ1v) is 10.9. The summed E-state index contributed by atoms with van der Waals surface area (Å²) in [6.07, 6.45) is 0.419. The maximum atomic E-state index is 12.5. The Balaban J connectivity index is 1.62. The van der Waals surface area contributed by atoms with Gasteiger partial charge < -0.3 is 14.7 Å². The van der Waals surface area contributed by atoms with Crippen molar-refractivity contribution in [1.82, 2.24) is 9.80 Å². The Labute approximate surface area is 167 Å². The van der Waals surface area contributed by atoms with Crippen LogP contribution in [-0.2, 0) is 15.0 Å². The number of benzene rings is 1.